The number of aliphatic imine (C=N–C) groups is 1. The Morgan fingerprint density at radius 2 is 1.22 bits per heavy atom. The second-order valence-electron chi connectivity index (χ2n) is 29.0. The lowest BCUT2D eigenvalue weighted by Crippen LogP contribution is -2.50. The van der Waals surface area contributed by atoms with E-state index in [4.69, 9.17) is 19.2 Å². The van der Waals surface area contributed by atoms with Gasteiger partial charge in [-0.25, -0.2) is 19.4 Å². The molecule has 83 heavy (non-hydrogen) atoms. The van der Waals surface area contributed by atoms with Crippen LogP contribution in [0.2, 0.25) is 0 Å². The predicted octanol–water partition coefficient (Wildman–Crippen LogP) is 13.4. The molecule has 16 nitrogen and oxygen atoms in total. The maximum Gasteiger partial charge on any atom is 0.342 e. The van der Waals surface area contributed by atoms with Crippen LogP contribution in [0.4, 0.5) is 5.82 Å². The average molecular weight is 1190 g/mol. The number of amidine groups is 1. The summed E-state index contributed by atoms with van der Waals surface area (Å²) in [7, 11) is 0. The Morgan fingerprint density at radius 3 is 1.65 bits per heavy atom. The minimum Gasteiger partial charge on any atom is -0.481 e. The van der Waals surface area contributed by atoms with Crippen LogP contribution in [0.25, 0.3) is 6.08 Å². The molecule has 4 aliphatic carbocycles. The molecule has 0 radical (unpaired) electrons. The van der Waals surface area contributed by atoms with Gasteiger partial charge in [-0.05, 0) is 128 Å². The maximum atomic E-state index is 15.6. The van der Waals surface area contributed by atoms with Crippen LogP contribution < -0.4 is 10.6 Å². The molecular formula is C65H98N4O12S2. The first-order chi connectivity index (χ1) is 38.5. The van der Waals surface area contributed by atoms with E-state index in [1.54, 1.807) is 13.8 Å². The molecule has 6 atom stereocenters. The molecule has 1 aliphatic heterocycles. The molecule has 5 N–H and O–H groups in total. The van der Waals surface area contributed by atoms with Crippen molar-refractivity contribution >= 4 is 82.9 Å². The number of hydrogen-bond acceptors (Lipinski definition) is 13. The molecule has 2 amide bonds. The van der Waals surface area contributed by atoms with Crippen molar-refractivity contribution in [1.29, 1.82) is 0 Å². The quantitative estimate of drug-likeness (QED) is 0.0333. The Kier molecular flexibility index (Phi) is 22.1. The highest BCUT2D eigenvalue weighted by atomic mass is 32.2. The van der Waals surface area contributed by atoms with Crippen molar-refractivity contribution < 1.29 is 58.0 Å². The lowest BCUT2D eigenvalue weighted by Gasteiger charge is -2.50. The van der Waals surface area contributed by atoms with Gasteiger partial charge < -0.3 is 40.0 Å². The highest BCUT2D eigenvalue weighted by molar-refractivity contribution is 8.00. The first-order valence-corrected chi connectivity index (χ1v) is 32.4. The molecule has 1 aromatic rings. The smallest absolute Gasteiger partial charge is 0.342 e. The topological polar surface area (TPSA) is 240 Å². The summed E-state index contributed by atoms with van der Waals surface area (Å²) in [6.07, 6.45) is 8.40. The zero-order valence-electron chi connectivity index (χ0n) is 52.6. The van der Waals surface area contributed by atoms with Gasteiger partial charge >= 0.3 is 29.8 Å². The molecule has 5 aliphatic rings. The van der Waals surface area contributed by atoms with E-state index >= 15 is 9.59 Å². The van der Waals surface area contributed by atoms with Crippen LogP contribution in [-0.4, -0.2) is 104 Å². The number of thioether (sulfide) groups is 2. The number of ether oxygens (including phenoxy) is 3. The van der Waals surface area contributed by atoms with Crippen LogP contribution in [-0.2, 0) is 43.0 Å². The number of H-pyrrole nitrogens is 1. The number of aliphatic carboxylic acids is 2. The predicted molar refractivity (Wildman–Crippen MR) is 330 cm³/mol. The summed E-state index contributed by atoms with van der Waals surface area (Å²) in [5, 5.41) is 23.2. The van der Waals surface area contributed by atoms with Gasteiger partial charge in [-0.3, -0.25) is 19.2 Å². The van der Waals surface area contributed by atoms with Gasteiger partial charge in [0.1, 0.15) is 46.9 Å². The monoisotopic (exact) mass is 1190 g/mol. The number of hydrogen-bond donors (Lipinski definition) is 5. The maximum absolute atomic E-state index is 15.6. The normalized spacial score (nSPS) is 25.8. The number of carboxylic acids is 2. The average Bonchev–Trinajstić information content (AvgIpc) is 2.41. The summed E-state index contributed by atoms with van der Waals surface area (Å²) in [5.74, 6) is -4.04. The summed E-state index contributed by atoms with van der Waals surface area (Å²) in [4.78, 5) is 104. The van der Waals surface area contributed by atoms with Crippen molar-refractivity contribution in [3.63, 3.8) is 0 Å². The van der Waals surface area contributed by atoms with E-state index in [9.17, 15) is 34.2 Å². The third-order valence-corrected chi connectivity index (χ3v) is 20.5. The van der Waals surface area contributed by atoms with E-state index in [1.165, 1.54) is 11.8 Å². The van der Waals surface area contributed by atoms with E-state index < -0.39 is 70.8 Å². The van der Waals surface area contributed by atoms with Crippen molar-refractivity contribution in [2.75, 3.05) is 23.4 Å². The highest BCUT2D eigenvalue weighted by Gasteiger charge is 2.51. The molecule has 18 heteroatoms. The largest absolute Gasteiger partial charge is 0.481 e. The molecular weight excluding hydrogens is 1090 g/mol. The fourth-order valence-corrected chi connectivity index (χ4v) is 14.7. The number of nitrogens with zero attached hydrogens (tertiary/aromatic N) is 1. The second kappa shape index (κ2) is 27.2. The van der Waals surface area contributed by atoms with E-state index in [1.807, 2.05) is 6.08 Å². The van der Waals surface area contributed by atoms with Gasteiger partial charge in [-0.15, -0.1) is 23.5 Å². The number of esters is 3. The SMILES string of the molecule is C=C(C)C(=O)OCCSC(C)C(=O)NC1=NC(=Cc2[nH]c(NC(=O)CCSC(CC(=O)O)C(=O)O)c(C(=O)OC3C(C(C)(C)C)CC(C)CC3C(C)(C)C)c2C2CCC2)C(C2CCC2)=C1C(=O)OC1C(C(C)(C)C)CC(C)CC1C(C)(C)C. The minimum atomic E-state index is -1.29. The van der Waals surface area contributed by atoms with Gasteiger partial charge in [-0.1, -0.05) is 116 Å². The van der Waals surface area contributed by atoms with Crippen LogP contribution >= 0.6 is 23.5 Å². The van der Waals surface area contributed by atoms with Crippen molar-refractivity contribution in [1.82, 2.24) is 10.3 Å². The minimum absolute atomic E-state index is 0.00611. The van der Waals surface area contributed by atoms with Gasteiger partial charge in [-0.2, -0.15) is 0 Å². The lowest BCUT2D eigenvalue weighted by molar-refractivity contribution is -0.164. The van der Waals surface area contributed by atoms with Crippen LogP contribution in [0.1, 0.15) is 215 Å². The molecule has 2 heterocycles. The molecule has 0 spiro atoms. The molecule has 6 rings (SSSR count). The number of anilines is 1. The van der Waals surface area contributed by atoms with Crippen LogP contribution in [0.3, 0.4) is 0 Å². The third-order valence-electron chi connectivity index (χ3n) is 18.1. The zero-order valence-corrected chi connectivity index (χ0v) is 54.2. The zero-order chi connectivity index (χ0) is 61.8. The number of carboxylic acid groups (broad SMARTS) is 2. The number of allylic oxidation sites excluding steroid dienone is 1. The number of nitrogens with one attached hydrogen (secondary N) is 3. The van der Waals surface area contributed by atoms with Crippen LogP contribution in [0, 0.1) is 63.1 Å². The Balaban J connectivity index is 1.53. The van der Waals surface area contributed by atoms with Crippen molar-refractivity contribution in [3.05, 3.63) is 45.8 Å². The first kappa shape index (κ1) is 67.3. The number of aromatic amines is 1. The van der Waals surface area contributed by atoms with Crippen molar-refractivity contribution in [2.45, 2.75) is 216 Å². The number of carbonyl (C=O) groups excluding carboxylic acids is 5. The van der Waals surface area contributed by atoms with Gasteiger partial charge in [0.2, 0.25) is 11.8 Å². The Morgan fingerprint density at radius 1 is 0.723 bits per heavy atom. The van der Waals surface area contributed by atoms with Crippen LogP contribution in [0.15, 0.2) is 34.0 Å². The Labute approximate surface area is 502 Å². The lowest BCUT2D eigenvalue weighted by atomic mass is 9.59. The molecule has 4 saturated carbocycles. The summed E-state index contributed by atoms with van der Waals surface area (Å²) in [5.41, 5.74) is 1.98. The molecule has 0 aromatic carbocycles. The van der Waals surface area contributed by atoms with E-state index in [0.717, 1.165) is 76.0 Å². The van der Waals surface area contributed by atoms with Gasteiger partial charge in [0.15, 0.2) is 0 Å². The molecule has 462 valence electrons. The molecule has 1 aromatic heterocycles. The fraction of sp³-hybridized carbons (Fsp3) is 0.723. The second-order valence-corrected chi connectivity index (χ2v) is 31.8. The van der Waals surface area contributed by atoms with Gasteiger partial charge in [0.05, 0.1) is 17.4 Å². The molecule has 0 bridgehead atoms. The van der Waals surface area contributed by atoms with Gasteiger partial charge in [0.25, 0.3) is 0 Å². The van der Waals surface area contributed by atoms with Gasteiger partial charge in [0, 0.05) is 52.9 Å². The van der Waals surface area contributed by atoms with Crippen molar-refractivity contribution in [3.8, 4) is 0 Å². The molecule has 6 unspecified atom stereocenters. The molecule has 4 fully saturated rings. The fourth-order valence-electron chi connectivity index (χ4n) is 13.0. The number of amides is 2. The Hall–Kier alpha value is -4.84. The van der Waals surface area contributed by atoms with Crippen LogP contribution in [0.5, 0.6) is 0 Å². The number of carbonyl (C=O) groups is 7. The standard InChI is InChI=1S/C65H98N4O12S2/c1-34(2)59(76)79-25-27-82-37(5)57(73)69-56-52(61(78)81-54-42(64(12,13)14)30-36(4)31-43(54)65(15,16)17)50(39-22-19-23-39)45(67-56)32-44-49(38-20-18-21-38)51(55(66-44)68-47(70)24-26-83-46(58(74)75)33-48(71)72)60(77)80-53-40(62(6,7)8)28-35(3)29-41(53)63(9,10)11/h32,35-43,46,53-54,66H,1,18-31,33H2,2-17H3,(H,68,70)(H,71,72)(H,74,75)(H,67,69,73). The number of rotatable bonds is 21. The number of aromatic nitrogens is 1. The Bertz CT molecular complexity index is 2660. The summed E-state index contributed by atoms with van der Waals surface area (Å²) >= 11 is 2.15. The van der Waals surface area contributed by atoms with Crippen molar-refractivity contribution in [2.24, 2.45) is 68.1 Å². The summed E-state index contributed by atoms with van der Waals surface area (Å²) < 4.78 is 19.2. The molecule has 0 saturated heterocycles. The third kappa shape index (κ3) is 17.0. The van der Waals surface area contributed by atoms with E-state index in [2.05, 4.69) is 119 Å². The summed E-state index contributed by atoms with van der Waals surface area (Å²) in [6, 6.07) is 0. The van der Waals surface area contributed by atoms with E-state index in [0.29, 0.717) is 40.1 Å². The van der Waals surface area contributed by atoms with E-state index in [-0.39, 0.29) is 104 Å². The highest BCUT2D eigenvalue weighted by Crippen LogP contribution is 2.53. The summed E-state index contributed by atoms with van der Waals surface area (Å²) in [6.45, 7) is 37.9. The first-order valence-electron chi connectivity index (χ1n) is 30.3.